The fraction of sp³-hybridized carbons (Fsp3) is 0.318. The second-order valence-corrected chi connectivity index (χ2v) is 8.53. The van der Waals surface area contributed by atoms with Crippen LogP contribution in [0.3, 0.4) is 0 Å². The topological polar surface area (TPSA) is 97.9 Å². The van der Waals surface area contributed by atoms with Crippen LogP contribution in [0.4, 0.5) is 13.2 Å². The monoisotopic (exact) mass is 491 g/mol. The SMILES string of the molecule is FC(F)(F)c1cc(-c2ccc(-c3nc4nc(OC5COC6CCOC65)[nH]c4cc3Cl)cc2)n[nH]1. The van der Waals surface area contributed by atoms with Gasteiger partial charge >= 0.3 is 6.18 Å². The quantitative estimate of drug-likeness (QED) is 0.432. The van der Waals surface area contributed by atoms with Crippen molar-refractivity contribution in [2.75, 3.05) is 13.2 Å². The summed E-state index contributed by atoms with van der Waals surface area (Å²) < 4.78 is 55.8. The van der Waals surface area contributed by atoms with Gasteiger partial charge in [0.25, 0.3) is 6.01 Å². The first-order valence-corrected chi connectivity index (χ1v) is 10.9. The van der Waals surface area contributed by atoms with E-state index in [0.29, 0.717) is 52.2 Å². The van der Waals surface area contributed by atoms with Crippen molar-refractivity contribution in [2.45, 2.75) is 30.9 Å². The fourth-order valence-corrected chi connectivity index (χ4v) is 4.50. The van der Waals surface area contributed by atoms with Gasteiger partial charge in [-0.2, -0.15) is 23.3 Å². The van der Waals surface area contributed by atoms with Gasteiger partial charge in [0.1, 0.15) is 11.8 Å². The summed E-state index contributed by atoms with van der Waals surface area (Å²) in [5, 5.41) is 6.15. The van der Waals surface area contributed by atoms with Crippen LogP contribution >= 0.6 is 11.6 Å². The molecular formula is C22H17ClF3N5O3. The molecule has 4 aromatic rings. The summed E-state index contributed by atoms with van der Waals surface area (Å²) in [4.78, 5) is 12.1. The Morgan fingerprint density at radius 3 is 2.62 bits per heavy atom. The van der Waals surface area contributed by atoms with Gasteiger partial charge in [0, 0.05) is 17.7 Å². The highest BCUT2D eigenvalue weighted by Gasteiger charge is 2.43. The normalized spacial score (nSPS) is 22.4. The number of pyridine rings is 1. The Balaban J connectivity index is 1.25. The Kier molecular flexibility index (Phi) is 5.01. The van der Waals surface area contributed by atoms with Gasteiger partial charge in [-0.3, -0.25) is 5.10 Å². The average Bonchev–Trinajstić information content (AvgIpc) is 3.58. The number of halogens is 4. The third kappa shape index (κ3) is 3.79. The summed E-state index contributed by atoms with van der Waals surface area (Å²) in [6.07, 6.45) is -3.94. The van der Waals surface area contributed by atoms with Crippen molar-refractivity contribution in [3.05, 3.63) is 47.1 Å². The molecule has 0 amide bonds. The first-order chi connectivity index (χ1) is 16.3. The maximum Gasteiger partial charge on any atom is 0.432 e. The zero-order valence-corrected chi connectivity index (χ0v) is 18.2. The maximum absolute atomic E-state index is 12.8. The van der Waals surface area contributed by atoms with Crippen LogP contribution in [0.25, 0.3) is 33.7 Å². The molecule has 0 spiro atoms. The molecule has 2 saturated heterocycles. The number of nitrogens with one attached hydrogen (secondary N) is 2. The van der Waals surface area contributed by atoms with Gasteiger partial charge in [-0.15, -0.1) is 0 Å². The Hall–Kier alpha value is -3.15. The largest absolute Gasteiger partial charge is 0.456 e. The summed E-state index contributed by atoms with van der Waals surface area (Å²) >= 11 is 6.47. The number of hydrogen-bond donors (Lipinski definition) is 2. The van der Waals surface area contributed by atoms with E-state index in [4.69, 9.17) is 25.8 Å². The Morgan fingerprint density at radius 1 is 1.06 bits per heavy atom. The molecule has 6 rings (SSSR count). The van der Waals surface area contributed by atoms with Crippen LogP contribution in [-0.2, 0) is 15.7 Å². The van der Waals surface area contributed by atoms with E-state index in [1.54, 1.807) is 30.3 Å². The van der Waals surface area contributed by atoms with E-state index in [1.807, 2.05) is 5.10 Å². The second-order valence-electron chi connectivity index (χ2n) is 8.13. The highest BCUT2D eigenvalue weighted by molar-refractivity contribution is 6.33. The van der Waals surface area contributed by atoms with Crippen LogP contribution < -0.4 is 4.74 Å². The lowest BCUT2D eigenvalue weighted by Crippen LogP contribution is -2.32. The van der Waals surface area contributed by atoms with E-state index >= 15 is 0 Å². The van der Waals surface area contributed by atoms with E-state index in [9.17, 15) is 13.2 Å². The van der Waals surface area contributed by atoms with Gasteiger partial charge in [-0.05, 0) is 18.6 Å². The summed E-state index contributed by atoms with van der Waals surface area (Å²) in [5.41, 5.74) is 2.00. The lowest BCUT2D eigenvalue weighted by molar-refractivity contribution is -0.141. The summed E-state index contributed by atoms with van der Waals surface area (Å²) in [5.74, 6) is 0. The molecule has 12 heteroatoms. The highest BCUT2D eigenvalue weighted by atomic mass is 35.5. The molecule has 2 N–H and O–H groups in total. The Morgan fingerprint density at radius 2 is 1.85 bits per heavy atom. The van der Waals surface area contributed by atoms with Gasteiger partial charge in [0.05, 0.1) is 34.6 Å². The molecule has 0 radical (unpaired) electrons. The summed E-state index contributed by atoms with van der Waals surface area (Å²) in [6.45, 7) is 1.08. The number of nitrogens with zero attached hydrogens (tertiary/aromatic N) is 3. The number of ether oxygens (including phenoxy) is 3. The minimum atomic E-state index is -4.49. The Bertz CT molecular complexity index is 1350. The number of fused-ring (bicyclic) bond motifs is 2. The van der Waals surface area contributed by atoms with Crippen molar-refractivity contribution in [3.8, 4) is 28.5 Å². The molecule has 2 fully saturated rings. The van der Waals surface area contributed by atoms with E-state index in [2.05, 4.69) is 20.1 Å². The first-order valence-electron chi connectivity index (χ1n) is 10.5. The number of hydrogen-bond acceptors (Lipinski definition) is 6. The lowest BCUT2D eigenvalue weighted by Gasteiger charge is -2.15. The van der Waals surface area contributed by atoms with Crippen molar-refractivity contribution in [2.24, 2.45) is 0 Å². The van der Waals surface area contributed by atoms with Crippen molar-refractivity contribution in [1.82, 2.24) is 25.1 Å². The van der Waals surface area contributed by atoms with Gasteiger partial charge < -0.3 is 19.2 Å². The molecule has 2 aliphatic rings. The van der Waals surface area contributed by atoms with E-state index in [0.717, 1.165) is 12.5 Å². The molecule has 0 bridgehead atoms. The van der Waals surface area contributed by atoms with Crippen molar-refractivity contribution < 1.29 is 27.4 Å². The molecular weight excluding hydrogens is 475 g/mol. The number of H-pyrrole nitrogens is 2. The van der Waals surface area contributed by atoms with Crippen LogP contribution in [-0.4, -0.2) is 56.7 Å². The van der Waals surface area contributed by atoms with Gasteiger partial charge in [-0.25, -0.2) is 4.98 Å². The number of benzene rings is 1. The van der Waals surface area contributed by atoms with Crippen molar-refractivity contribution >= 4 is 22.8 Å². The zero-order chi connectivity index (χ0) is 23.4. The van der Waals surface area contributed by atoms with Crippen LogP contribution in [0.2, 0.25) is 5.02 Å². The van der Waals surface area contributed by atoms with E-state index in [-0.39, 0.29) is 24.0 Å². The lowest BCUT2D eigenvalue weighted by atomic mass is 10.1. The van der Waals surface area contributed by atoms with Crippen LogP contribution in [0, 0.1) is 0 Å². The number of rotatable bonds is 4. The number of imidazole rings is 1. The molecule has 8 nitrogen and oxygen atoms in total. The van der Waals surface area contributed by atoms with Crippen LogP contribution in [0.1, 0.15) is 12.1 Å². The maximum atomic E-state index is 12.8. The van der Waals surface area contributed by atoms with Gasteiger partial charge in [0.15, 0.2) is 11.8 Å². The smallest absolute Gasteiger partial charge is 0.432 e. The molecule has 3 aromatic heterocycles. The zero-order valence-electron chi connectivity index (χ0n) is 17.4. The summed E-state index contributed by atoms with van der Waals surface area (Å²) in [7, 11) is 0. The minimum Gasteiger partial charge on any atom is -0.456 e. The third-order valence-corrected chi connectivity index (χ3v) is 6.21. The molecule has 176 valence electrons. The third-order valence-electron chi connectivity index (χ3n) is 5.93. The van der Waals surface area contributed by atoms with E-state index in [1.165, 1.54) is 0 Å². The van der Waals surface area contributed by atoms with E-state index < -0.39 is 11.9 Å². The predicted molar refractivity (Wildman–Crippen MR) is 115 cm³/mol. The van der Waals surface area contributed by atoms with Crippen LogP contribution in [0.15, 0.2) is 36.4 Å². The Labute approximate surface area is 195 Å². The van der Waals surface area contributed by atoms with Crippen LogP contribution in [0.5, 0.6) is 6.01 Å². The molecule has 3 atom stereocenters. The summed E-state index contributed by atoms with van der Waals surface area (Å²) in [6, 6.07) is 9.72. The molecule has 0 saturated carbocycles. The molecule has 34 heavy (non-hydrogen) atoms. The average molecular weight is 492 g/mol. The minimum absolute atomic E-state index is 0.0537. The van der Waals surface area contributed by atoms with Crippen molar-refractivity contribution in [3.63, 3.8) is 0 Å². The fourth-order valence-electron chi connectivity index (χ4n) is 4.24. The molecule has 3 unspecified atom stereocenters. The highest BCUT2D eigenvalue weighted by Crippen LogP contribution is 2.34. The van der Waals surface area contributed by atoms with Gasteiger partial charge in [-0.1, -0.05) is 35.9 Å². The standard InChI is InChI=1S/C22H17ClF3N5O3/c23-12-7-14-20(29-21(27-14)34-16-9-33-15-5-6-32-19(15)16)28-18(12)11-3-1-10(2-4-11)13-8-17(31-30-13)22(24,25)26/h1-4,7-8,15-16,19H,5-6,9H2,(H,30,31)(H,27,28,29). The number of aromatic amines is 2. The molecule has 5 heterocycles. The van der Waals surface area contributed by atoms with Crippen molar-refractivity contribution in [1.29, 1.82) is 0 Å². The molecule has 2 aliphatic heterocycles. The van der Waals surface area contributed by atoms with Gasteiger partial charge in [0.2, 0.25) is 0 Å². The predicted octanol–water partition coefficient (Wildman–Crippen LogP) is 4.62. The number of aromatic nitrogens is 5. The number of alkyl halides is 3. The second kappa shape index (κ2) is 7.97. The molecule has 0 aliphatic carbocycles. The first kappa shape index (κ1) is 21.4. The molecule has 1 aromatic carbocycles.